The Balaban J connectivity index is 1.41. The maximum atomic E-state index is 13.0. The van der Waals surface area contributed by atoms with Crippen LogP contribution in [0.3, 0.4) is 0 Å². The highest BCUT2D eigenvalue weighted by atomic mass is 19.4. The van der Waals surface area contributed by atoms with Crippen molar-refractivity contribution < 1.29 is 27.9 Å². The van der Waals surface area contributed by atoms with Crippen LogP contribution in [0.15, 0.2) is 48.5 Å². The van der Waals surface area contributed by atoms with Crippen molar-refractivity contribution in [3.05, 3.63) is 59.7 Å². The number of amides is 2. The van der Waals surface area contributed by atoms with Gasteiger partial charge in [0, 0.05) is 44.1 Å². The first-order valence-electron chi connectivity index (χ1n) is 9.53. The fourth-order valence-corrected chi connectivity index (χ4v) is 3.76. The van der Waals surface area contributed by atoms with Gasteiger partial charge in [0.15, 0.2) is 0 Å². The van der Waals surface area contributed by atoms with Crippen molar-refractivity contribution in [3.63, 3.8) is 0 Å². The van der Waals surface area contributed by atoms with Crippen LogP contribution in [0.5, 0.6) is 0 Å². The van der Waals surface area contributed by atoms with E-state index in [4.69, 9.17) is 5.11 Å². The number of carboxylic acids is 1. The SMILES string of the molecule is O=C(O)C1CN(Cc2ccc(N3CCN(c4cccc(C(F)(F)F)c4)C3=O)cc2)C1. The molecule has 0 aromatic heterocycles. The minimum absolute atomic E-state index is 0.222. The summed E-state index contributed by atoms with van der Waals surface area (Å²) in [6.07, 6.45) is -4.46. The van der Waals surface area contributed by atoms with Crippen molar-refractivity contribution >= 4 is 23.4 Å². The van der Waals surface area contributed by atoms with E-state index in [2.05, 4.69) is 0 Å². The van der Waals surface area contributed by atoms with Crippen molar-refractivity contribution in [1.29, 1.82) is 0 Å². The molecular weight excluding hydrogens is 399 g/mol. The molecule has 158 valence electrons. The second-order valence-electron chi connectivity index (χ2n) is 7.53. The molecule has 0 spiro atoms. The lowest BCUT2D eigenvalue weighted by Crippen LogP contribution is -2.49. The Morgan fingerprint density at radius 3 is 2.23 bits per heavy atom. The minimum atomic E-state index is -4.46. The number of carbonyl (C=O) groups excluding carboxylic acids is 1. The van der Waals surface area contributed by atoms with E-state index in [-0.39, 0.29) is 17.6 Å². The molecular formula is C21H20F3N3O3. The topological polar surface area (TPSA) is 64.1 Å². The molecule has 6 nitrogen and oxygen atoms in total. The number of hydrogen-bond acceptors (Lipinski definition) is 3. The van der Waals surface area contributed by atoms with Crippen LogP contribution in [0.1, 0.15) is 11.1 Å². The molecule has 0 atom stereocenters. The Bertz CT molecular complexity index is 956. The first-order chi connectivity index (χ1) is 14.2. The predicted octanol–water partition coefficient (Wildman–Crippen LogP) is 3.67. The molecule has 2 amide bonds. The van der Waals surface area contributed by atoms with E-state index < -0.39 is 17.7 Å². The van der Waals surface area contributed by atoms with Crippen LogP contribution in [0.2, 0.25) is 0 Å². The quantitative estimate of drug-likeness (QED) is 0.803. The van der Waals surface area contributed by atoms with Gasteiger partial charge in [0.25, 0.3) is 0 Å². The standard InChI is InChI=1S/C21H20F3N3O3/c22-21(23,24)16-2-1-3-18(10-16)27-9-8-26(20(27)30)17-6-4-14(5-7-17)11-25-12-15(13-25)19(28)29/h1-7,10,15H,8-9,11-13H2,(H,28,29). The van der Waals surface area contributed by atoms with Gasteiger partial charge >= 0.3 is 18.2 Å². The van der Waals surface area contributed by atoms with Gasteiger partial charge in [-0.05, 0) is 35.9 Å². The van der Waals surface area contributed by atoms with Gasteiger partial charge in [0.2, 0.25) is 0 Å². The van der Waals surface area contributed by atoms with Crippen molar-refractivity contribution in [2.45, 2.75) is 12.7 Å². The van der Waals surface area contributed by atoms with Crippen LogP contribution in [-0.4, -0.2) is 48.2 Å². The Morgan fingerprint density at radius 1 is 1.00 bits per heavy atom. The third-order valence-corrected chi connectivity index (χ3v) is 5.45. The molecule has 0 saturated carbocycles. The van der Waals surface area contributed by atoms with Gasteiger partial charge in [-0.25, -0.2) is 4.79 Å². The molecule has 0 bridgehead atoms. The minimum Gasteiger partial charge on any atom is -0.481 e. The molecule has 0 unspecified atom stereocenters. The number of alkyl halides is 3. The number of benzene rings is 2. The number of rotatable bonds is 5. The first-order valence-corrected chi connectivity index (χ1v) is 9.53. The van der Waals surface area contributed by atoms with E-state index in [0.29, 0.717) is 38.4 Å². The average Bonchev–Trinajstić information content (AvgIpc) is 3.05. The van der Waals surface area contributed by atoms with E-state index in [0.717, 1.165) is 17.7 Å². The zero-order valence-corrected chi connectivity index (χ0v) is 16.0. The summed E-state index contributed by atoms with van der Waals surface area (Å²) in [5.74, 6) is -1.09. The van der Waals surface area contributed by atoms with Gasteiger partial charge in [0.05, 0.1) is 11.5 Å². The van der Waals surface area contributed by atoms with Crippen LogP contribution in [0, 0.1) is 5.92 Å². The Hall–Kier alpha value is -3.07. The van der Waals surface area contributed by atoms with E-state index in [1.54, 1.807) is 12.1 Å². The van der Waals surface area contributed by atoms with Crippen LogP contribution in [0.4, 0.5) is 29.3 Å². The molecule has 9 heteroatoms. The molecule has 2 fully saturated rings. The zero-order chi connectivity index (χ0) is 21.5. The number of nitrogens with zero attached hydrogens (tertiary/aromatic N) is 3. The molecule has 2 aromatic carbocycles. The summed E-state index contributed by atoms with van der Waals surface area (Å²) in [5.41, 5.74) is 1.11. The second-order valence-corrected chi connectivity index (χ2v) is 7.53. The van der Waals surface area contributed by atoms with E-state index in [1.165, 1.54) is 21.9 Å². The third kappa shape index (κ3) is 3.97. The van der Waals surface area contributed by atoms with Crippen LogP contribution in [-0.2, 0) is 17.5 Å². The van der Waals surface area contributed by atoms with Crippen LogP contribution >= 0.6 is 0 Å². The largest absolute Gasteiger partial charge is 0.481 e. The molecule has 0 aliphatic carbocycles. The number of halogens is 3. The summed E-state index contributed by atoms with van der Waals surface area (Å²) in [6, 6.07) is 11.8. The van der Waals surface area contributed by atoms with E-state index >= 15 is 0 Å². The average molecular weight is 419 g/mol. The van der Waals surface area contributed by atoms with Crippen molar-refractivity contribution in [3.8, 4) is 0 Å². The number of likely N-dealkylation sites (tertiary alicyclic amines) is 1. The van der Waals surface area contributed by atoms with Crippen LogP contribution < -0.4 is 9.80 Å². The summed E-state index contributed by atoms with van der Waals surface area (Å²) in [6.45, 7) is 2.35. The zero-order valence-electron chi connectivity index (χ0n) is 16.0. The summed E-state index contributed by atoms with van der Waals surface area (Å²) in [4.78, 5) is 28.6. The lowest BCUT2D eigenvalue weighted by atomic mass is 9.99. The Kier molecular flexibility index (Phi) is 5.15. The number of carbonyl (C=O) groups is 2. The normalized spacial score (nSPS) is 18.0. The highest BCUT2D eigenvalue weighted by Crippen LogP contribution is 2.33. The summed E-state index contributed by atoms with van der Waals surface area (Å²) in [7, 11) is 0. The fourth-order valence-electron chi connectivity index (χ4n) is 3.76. The van der Waals surface area contributed by atoms with Gasteiger partial charge in [-0.2, -0.15) is 13.2 Å². The van der Waals surface area contributed by atoms with Gasteiger partial charge in [-0.3, -0.25) is 19.5 Å². The predicted molar refractivity (Wildman–Crippen MR) is 104 cm³/mol. The van der Waals surface area contributed by atoms with Gasteiger partial charge in [0.1, 0.15) is 0 Å². The van der Waals surface area contributed by atoms with Gasteiger partial charge in [-0.15, -0.1) is 0 Å². The molecule has 2 saturated heterocycles. The number of anilines is 2. The maximum Gasteiger partial charge on any atom is 0.416 e. The molecule has 1 N–H and O–H groups in total. The smallest absolute Gasteiger partial charge is 0.416 e. The number of carboxylic acid groups (broad SMARTS) is 1. The first kappa shape index (κ1) is 20.2. The molecule has 30 heavy (non-hydrogen) atoms. The molecule has 2 aromatic rings. The van der Waals surface area contributed by atoms with Gasteiger partial charge < -0.3 is 5.11 Å². The van der Waals surface area contributed by atoms with Crippen molar-refractivity contribution in [1.82, 2.24) is 4.90 Å². The lowest BCUT2D eigenvalue weighted by molar-refractivity contribution is -0.147. The van der Waals surface area contributed by atoms with Crippen molar-refractivity contribution in [2.75, 3.05) is 36.0 Å². The highest BCUT2D eigenvalue weighted by Gasteiger charge is 2.35. The second kappa shape index (κ2) is 7.64. The maximum absolute atomic E-state index is 13.0. The molecule has 2 aliphatic rings. The monoisotopic (exact) mass is 419 g/mol. The number of urea groups is 1. The summed E-state index contributed by atoms with van der Waals surface area (Å²) >= 11 is 0. The number of hydrogen-bond donors (Lipinski definition) is 1. The molecule has 2 heterocycles. The fraction of sp³-hybridized carbons (Fsp3) is 0.333. The molecule has 0 radical (unpaired) electrons. The summed E-state index contributed by atoms with van der Waals surface area (Å²) < 4.78 is 38.9. The van der Waals surface area contributed by atoms with Gasteiger partial charge in [-0.1, -0.05) is 18.2 Å². The Labute approximate surface area is 171 Å². The van der Waals surface area contributed by atoms with E-state index in [1.807, 2.05) is 17.0 Å². The highest BCUT2D eigenvalue weighted by molar-refractivity contribution is 6.06. The number of aliphatic carboxylic acids is 1. The third-order valence-electron chi connectivity index (χ3n) is 5.45. The summed E-state index contributed by atoms with van der Waals surface area (Å²) in [5, 5.41) is 8.93. The molecule has 2 aliphatic heterocycles. The lowest BCUT2D eigenvalue weighted by Gasteiger charge is -2.36. The van der Waals surface area contributed by atoms with Crippen molar-refractivity contribution in [2.24, 2.45) is 5.92 Å². The van der Waals surface area contributed by atoms with Crippen LogP contribution in [0.25, 0.3) is 0 Å². The Morgan fingerprint density at radius 2 is 1.63 bits per heavy atom. The molecule has 4 rings (SSSR count). The van der Waals surface area contributed by atoms with E-state index in [9.17, 15) is 22.8 Å².